The summed E-state index contributed by atoms with van der Waals surface area (Å²) in [7, 11) is 4.70. The number of hydrogen-bond donors (Lipinski definition) is 1. The molecule has 30 heavy (non-hydrogen) atoms. The lowest BCUT2D eigenvalue weighted by Gasteiger charge is -2.17. The van der Waals surface area contributed by atoms with Crippen LogP contribution in [0.5, 0.6) is 11.5 Å². The predicted molar refractivity (Wildman–Crippen MR) is 109 cm³/mol. The maximum atomic E-state index is 12.8. The van der Waals surface area contributed by atoms with Crippen molar-refractivity contribution in [3.05, 3.63) is 35.5 Å². The zero-order valence-electron chi connectivity index (χ0n) is 16.8. The number of amidine groups is 1. The highest BCUT2D eigenvalue weighted by molar-refractivity contribution is 6.24. The fraction of sp³-hybridized carbons (Fsp3) is 0.263. The second kappa shape index (κ2) is 7.43. The molecule has 1 aromatic carbocycles. The Morgan fingerprint density at radius 1 is 1.13 bits per heavy atom. The molecule has 0 spiro atoms. The van der Waals surface area contributed by atoms with Crippen molar-refractivity contribution in [2.45, 2.75) is 6.92 Å². The lowest BCUT2D eigenvalue weighted by atomic mass is 10.1. The molecule has 11 heteroatoms. The number of nitrogens with zero attached hydrogens (tertiary/aromatic N) is 6. The van der Waals surface area contributed by atoms with E-state index in [9.17, 15) is 9.59 Å². The quantitative estimate of drug-likeness (QED) is 0.808. The number of carbonyl (C=O) groups is 2. The van der Waals surface area contributed by atoms with Gasteiger partial charge in [0.05, 0.1) is 19.9 Å². The van der Waals surface area contributed by atoms with Crippen molar-refractivity contribution in [3.8, 4) is 11.5 Å². The Morgan fingerprint density at radius 3 is 2.63 bits per heavy atom. The summed E-state index contributed by atoms with van der Waals surface area (Å²) in [6, 6.07) is 6.48. The third-order valence-electron chi connectivity index (χ3n) is 4.60. The number of aromatic nitrogens is 2. The number of rotatable bonds is 4. The van der Waals surface area contributed by atoms with Gasteiger partial charge in [0.25, 0.3) is 17.8 Å². The highest BCUT2D eigenvalue weighted by Crippen LogP contribution is 2.28. The molecule has 3 heterocycles. The second-order valence-corrected chi connectivity index (χ2v) is 6.59. The van der Waals surface area contributed by atoms with Crippen LogP contribution in [0.1, 0.15) is 16.1 Å². The Morgan fingerprint density at radius 2 is 1.90 bits per heavy atom. The minimum Gasteiger partial charge on any atom is -0.493 e. The summed E-state index contributed by atoms with van der Waals surface area (Å²) >= 11 is 0. The SMILES string of the molecule is COc1ccc(C(=O)Nc2cc(C)nn2C2=NC(=O)C3C=NN(C)C3=N2)cc1OC. The van der Waals surface area contributed by atoms with Gasteiger partial charge in [-0.05, 0) is 25.1 Å². The average molecular weight is 409 g/mol. The maximum Gasteiger partial charge on any atom is 0.265 e. The van der Waals surface area contributed by atoms with Gasteiger partial charge in [0.2, 0.25) is 0 Å². The number of nitrogens with one attached hydrogen (secondary N) is 1. The van der Waals surface area contributed by atoms with Gasteiger partial charge in [-0.1, -0.05) is 0 Å². The summed E-state index contributed by atoms with van der Waals surface area (Å²) in [5.74, 6) is 0.384. The smallest absolute Gasteiger partial charge is 0.265 e. The molecule has 4 rings (SSSR count). The predicted octanol–water partition coefficient (Wildman–Crippen LogP) is 1.15. The van der Waals surface area contributed by atoms with Crippen LogP contribution in [0, 0.1) is 12.8 Å². The van der Waals surface area contributed by atoms with Crippen molar-refractivity contribution in [2.24, 2.45) is 21.0 Å². The first-order chi connectivity index (χ1) is 14.4. The number of carbonyl (C=O) groups excluding carboxylic acids is 2. The molecule has 1 aromatic heterocycles. The number of amides is 2. The zero-order valence-corrected chi connectivity index (χ0v) is 16.8. The topological polar surface area (TPSA) is 123 Å². The van der Waals surface area contributed by atoms with E-state index in [2.05, 4.69) is 25.5 Å². The molecule has 0 bridgehead atoms. The standard InChI is InChI=1S/C19H19N7O4/c1-10-7-15(21-17(27)11-5-6-13(29-3)14(8-11)30-4)26(24-10)19-22-16-12(18(28)23-19)9-20-25(16)2/h5-9,12H,1-4H3,(H,21,27). The van der Waals surface area contributed by atoms with Crippen LogP contribution < -0.4 is 14.8 Å². The van der Waals surface area contributed by atoms with Gasteiger partial charge in [0.15, 0.2) is 11.5 Å². The first-order valence-electron chi connectivity index (χ1n) is 9.00. The van der Waals surface area contributed by atoms with Crippen LogP contribution in [0.2, 0.25) is 0 Å². The van der Waals surface area contributed by atoms with Crippen LogP contribution >= 0.6 is 0 Å². The van der Waals surface area contributed by atoms with Crippen molar-refractivity contribution in [3.63, 3.8) is 0 Å². The Kier molecular flexibility index (Phi) is 4.78. The molecule has 2 amide bonds. The summed E-state index contributed by atoms with van der Waals surface area (Å²) in [4.78, 5) is 33.6. The van der Waals surface area contributed by atoms with Crippen LogP contribution in [0.15, 0.2) is 39.4 Å². The zero-order chi connectivity index (χ0) is 21.4. The summed E-state index contributed by atoms with van der Waals surface area (Å²) < 4.78 is 11.8. The fourth-order valence-electron chi connectivity index (χ4n) is 3.11. The van der Waals surface area contributed by atoms with Gasteiger partial charge in [-0.25, -0.2) is 0 Å². The molecule has 2 aliphatic rings. The molecule has 1 atom stereocenters. The van der Waals surface area contributed by atoms with Gasteiger partial charge in [-0.15, -0.1) is 0 Å². The van der Waals surface area contributed by atoms with Crippen molar-refractivity contribution in [1.82, 2.24) is 14.8 Å². The molecule has 11 nitrogen and oxygen atoms in total. The van der Waals surface area contributed by atoms with E-state index in [1.807, 2.05) is 0 Å². The lowest BCUT2D eigenvalue weighted by molar-refractivity contribution is -0.118. The number of hydrazone groups is 1. The Hall–Kier alpha value is -4.02. The van der Waals surface area contributed by atoms with Crippen molar-refractivity contribution in [1.29, 1.82) is 0 Å². The molecule has 1 unspecified atom stereocenters. The van der Waals surface area contributed by atoms with Crippen molar-refractivity contribution in [2.75, 3.05) is 26.6 Å². The lowest BCUT2D eigenvalue weighted by Crippen LogP contribution is -2.35. The normalized spacial score (nSPS) is 17.4. The number of aryl methyl sites for hydroxylation is 1. The molecule has 154 valence electrons. The first kappa shape index (κ1) is 19.3. The van der Waals surface area contributed by atoms with Crippen LogP contribution in [0.4, 0.5) is 5.82 Å². The van der Waals surface area contributed by atoms with Gasteiger partial charge in [-0.3, -0.25) is 14.6 Å². The highest BCUT2D eigenvalue weighted by Gasteiger charge is 2.35. The highest BCUT2D eigenvalue weighted by atomic mass is 16.5. The van der Waals surface area contributed by atoms with Gasteiger partial charge >= 0.3 is 0 Å². The summed E-state index contributed by atoms with van der Waals surface area (Å²) in [5.41, 5.74) is 0.973. The van der Waals surface area contributed by atoms with E-state index in [-0.39, 0.29) is 5.96 Å². The molecule has 0 saturated carbocycles. The van der Waals surface area contributed by atoms with E-state index < -0.39 is 17.7 Å². The van der Waals surface area contributed by atoms with E-state index in [0.29, 0.717) is 34.4 Å². The third-order valence-corrected chi connectivity index (χ3v) is 4.60. The monoisotopic (exact) mass is 409 g/mol. The maximum absolute atomic E-state index is 12.8. The third kappa shape index (κ3) is 3.30. The molecule has 2 aliphatic heterocycles. The molecular weight excluding hydrogens is 390 g/mol. The minimum atomic E-state index is -0.597. The molecule has 0 aliphatic carbocycles. The molecular formula is C19H19N7O4. The summed E-state index contributed by atoms with van der Waals surface area (Å²) in [6.45, 7) is 1.76. The summed E-state index contributed by atoms with van der Waals surface area (Å²) in [6.07, 6.45) is 1.50. The largest absolute Gasteiger partial charge is 0.493 e. The molecule has 0 radical (unpaired) electrons. The average Bonchev–Trinajstić information content (AvgIpc) is 3.30. The number of benzene rings is 1. The van der Waals surface area contributed by atoms with Gasteiger partial charge in [0, 0.05) is 24.9 Å². The molecule has 2 aromatic rings. The molecule has 0 fully saturated rings. The van der Waals surface area contributed by atoms with Crippen LogP contribution in [-0.2, 0) is 4.79 Å². The molecule has 0 saturated heterocycles. The molecule has 1 N–H and O–H groups in total. The number of anilines is 1. The number of hydrogen-bond acceptors (Lipinski definition) is 8. The fourth-order valence-corrected chi connectivity index (χ4v) is 3.11. The van der Waals surface area contributed by atoms with Crippen molar-refractivity contribution >= 4 is 35.6 Å². The van der Waals surface area contributed by atoms with Crippen LogP contribution in [0.3, 0.4) is 0 Å². The van der Waals surface area contributed by atoms with Crippen LogP contribution in [0.25, 0.3) is 0 Å². The van der Waals surface area contributed by atoms with E-state index in [1.54, 1.807) is 38.2 Å². The van der Waals surface area contributed by atoms with E-state index in [0.717, 1.165) is 0 Å². The van der Waals surface area contributed by atoms with E-state index in [4.69, 9.17) is 9.47 Å². The van der Waals surface area contributed by atoms with Gasteiger partial charge < -0.3 is 14.8 Å². The Labute approximate surface area is 171 Å². The Balaban J connectivity index is 1.64. The number of aliphatic imine (C=N–C) groups is 2. The summed E-state index contributed by atoms with van der Waals surface area (Å²) in [5, 5.41) is 12.7. The van der Waals surface area contributed by atoms with Crippen LogP contribution in [-0.4, -0.2) is 65.9 Å². The van der Waals surface area contributed by atoms with E-state index >= 15 is 0 Å². The Bertz CT molecular complexity index is 1130. The minimum absolute atomic E-state index is 0.0549. The number of methoxy groups -OCH3 is 2. The van der Waals surface area contributed by atoms with Gasteiger partial charge in [0.1, 0.15) is 17.6 Å². The second-order valence-electron chi connectivity index (χ2n) is 6.59. The van der Waals surface area contributed by atoms with Gasteiger partial charge in [-0.2, -0.15) is 24.9 Å². The van der Waals surface area contributed by atoms with E-state index in [1.165, 1.54) is 30.1 Å². The first-order valence-corrected chi connectivity index (χ1v) is 9.00. The van der Waals surface area contributed by atoms with Crippen molar-refractivity contribution < 1.29 is 19.1 Å². The number of ether oxygens (including phenoxy) is 2. The number of fused-ring (bicyclic) bond motifs is 1.